The topological polar surface area (TPSA) is 15.3 Å². The van der Waals surface area contributed by atoms with Crippen LogP contribution in [0.5, 0.6) is 0 Å². The number of hydrogen-bond acceptors (Lipinski definition) is 2. The molecule has 122 valence electrons. The summed E-state index contributed by atoms with van der Waals surface area (Å²) in [5.74, 6) is 0.842. The van der Waals surface area contributed by atoms with Crippen LogP contribution in [-0.4, -0.2) is 36.6 Å². The van der Waals surface area contributed by atoms with Crippen LogP contribution in [0.3, 0.4) is 0 Å². The van der Waals surface area contributed by atoms with Crippen molar-refractivity contribution in [3.63, 3.8) is 0 Å². The molecule has 0 bridgehead atoms. The summed E-state index contributed by atoms with van der Waals surface area (Å²) in [5.41, 5.74) is 0.590. The lowest BCUT2D eigenvalue weighted by Crippen LogP contribution is -2.50. The molecule has 1 saturated carbocycles. The summed E-state index contributed by atoms with van der Waals surface area (Å²) in [6.07, 6.45) is 9.45. The maximum absolute atomic E-state index is 3.91. The molecule has 1 rings (SSSR count). The molecule has 1 aliphatic carbocycles. The zero-order valence-electron chi connectivity index (χ0n) is 14.8. The van der Waals surface area contributed by atoms with Crippen LogP contribution in [0.25, 0.3) is 0 Å². The predicted molar refractivity (Wildman–Crippen MR) is 94.7 cm³/mol. The zero-order chi connectivity index (χ0) is 15.9. The molecule has 0 radical (unpaired) electrons. The van der Waals surface area contributed by atoms with Crippen LogP contribution in [0, 0.1) is 11.3 Å². The Morgan fingerprint density at radius 3 is 2.33 bits per heavy atom. The van der Waals surface area contributed by atoms with Gasteiger partial charge in [0.25, 0.3) is 0 Å². The van der Waals surface area contributed by atoms with Crippen LogP contribution in [0.1, 0.15) is 53.4 Å². The summed E-state index contributed by atoms with van der Waals surface area (Å²) in [6.45, 7) is 21.2. The van der Waals surface area contributed by atoms with Gasteiger partial charge in [-0.15, -0.1) is 13.2 Å². The molecule has 2 atom stereocenters. The van der Waals surface area contributed by atoms with Gasteiger partial charge in [-0.05, 0) is 44.9 Å². The first-order valence-corrected chi connectivity index (χ1v) is 8.49. The van der Waals surface area contributed by atoms with E-state index < -0.39 is 0 Å². The van der Waals surface area contributed by atoms with E-state index in [4.69, 9.17) is 0 Å². The average molecular weight is 293 g/mol. The lowest BCUT2D eigenvalue weighted by molar-refractivity contribution is 0.0834. The molecule has 0 aromatic carbocycles. The van der Waals surface area contributed by atoms with Gasteiger partial charge in [0.05, 0.1) is 0 Å². The number of hydrogen-bond donors (Lipinski definition) is 1. The van der Waals surface area contributed by atoms with Gasteiger partial charge >= 0.3 is 0 Å². The fourth-order valence-corrected chi connectivity index (χ4v) is 3.62. The minimum Gasteiger partial charge on any atom is -0.311 e. The molecule has 1 N–H and O–H groups in total. The summed E-state index contributed by atoms with van der Waals surface area (Å²) in [5, 5.41) is 3.76. The molecule has 1 fully saturated rings. The zero-order valence-corrected chi connectivity index (χ0v) is 14.8. The molecular formula is C19H36N2. The quantitative estimate of drug-likeness (QED) is 0.673. The highest BCUT2D eigenvalue weighted by molar-refractivity contribution is 4.93. The Bertz CT molecular complexity index is 319. The molecule has 2 nitrogen and oxygen atoms in total. The van der Waals surface area contributed by atoms with Crippen LogP contribution in [0.4, 0.5) is 0 Å². The molecule has 0 heterocycles. The molecule has 0 amide bonds. The van der Waals surface area contributed by atoms with E-state index in [0.29, 0.717) is 5.41 Å². The van der Waals surface area contributed by atoms with Gasteiger partial charge in [-0.25, -0.2) is 0 Å². The van der Waals surface area contributed by atoms with Crippen molar-refractivity contribution >= 4 is 0 Å². The average Bonchev–Trinajstić information content (AvgIpc) is 2.36. The monoisotopic (exact) mass is 292 g/mol. The highest BCUT2D eigenvalue weighted by Gasteiger charge is 2.36. The SMILES string of the molecule is C=CCN(CC=C)CC1(CNC(C)(C)C)CCCC(C)C1. The van der Waals surface area contributed by atoms with Gasteiger partial charge in [0.15, 0.2) is 0 Å². The van der Waals surface area contributed by atoms with Crippen molar-refractivity contribution in [1.29, 1.82) is 0 Å². The van der Waals surface area contributed by atoms with E-state index in [9.17, 15) is 0 Å². The number of nitrogens with one attached hydrogen (secondary N) is 1. The third-order valence-electron chi connectivity index (χ3n) is 4.51. The van der Waals surface area contributed by atoms with Crippen molar-refractivity contribution in [3.05, 3.63) is 25.3 Å². The second-order valence-corrected chi connectivity index (χ2v) is 8.08. The smallest absolute Gasteiger partial charge is 0.0164 e. The van der Waals surface area contributed by atoms with E-state index in [0.717, 1.165) is 32.1 Å². The highest BCUT2D eigenvalue weighted by Crippen LogP contribution is 2.40. The van der Waals surface area contributed by atoms with E-state index in [-0.39, 0.29) is 5.54 Å². The third kappa shape index (κ3) is 6.80. The Morgan fingerprint density at radius 1 is 1.24 bits per heavy atom. The Kier molecular flexibility index (Phi) is 7.15. The van der Waals surface area contributed by atoms with Gasteiger partial charge in [0.1, 0.15) is 0 Å². The van der Waals surface area contributed by atoms with Gasteiger partial charge < -0.3 is 5.32 Å². The molecule has 0 aromatic heterocycles. The predicted octanol–water partition coefficient (Wildman–Crippen LogP) is 4.25. The molecule has 0 spiro atoms. The standard InChI is InChI=1S/C19H36N2/c1-7-12-21(13-8-2)16-19(15-20-18(4,5)6)11-9-10-17(3)14-19/h7-8,17,20H,1-2,9-16H2,3-6H3. The molecule has 0 aliphatic heterocycles. The Labute approximate surface area is 132 Å². The van der Waals surface area contributed by atoms with E-state index in [1.165, 1.54) is 25.7 Å². The Hall–Kier alpha value is -0.600. The van der Waals surface area contributed by atoms with E-state index >= 15 is 0 Å². The van der Waals surface area contributed by atoms with Gasteiger partial charge in [-0.1, -0.05) is 31.9 Å². The van der Waals surface area contributed by atoms with E-state index in [2.05, 4.69) is 51.1 Å². The minimum atomic E-state index is 0.190. The maximum Gasteiger partial charge on any atom is 0.0164 e. The molecular weight excluding hydrogens is 256 g/mol. The van der Waals surface area contributed by atoms with Crippen LogP contribution in [0.2, 0.25) is 0 Å². The van der Waals surface area contributed by atoms with Gasteiger partial charge in [0, 0.05) is 31.7 Å². The normalized spacial score (nSPS) is 26.8. The maximum atomic E-state index is 3.91. The van der Waals surface area contributed by atoms with Crippen molar-refractivity contribution < 1.29 is 0 Å². The second-order valence-electron chi connectivity index (χ2n) is 8.08. The van der Waals surface area contributed by atoms with Crippen molar-refractivity contribution in [1.82, 2.24) is 10.2 Å². The lowest BCUT2D eigenvalue weighted by atomic mass is 9.69. The molecule has 21 heavy (non-hydrogen) atoms. The van der Waals surface area contributed by atoms with E-state index in [1.807, 2.05) is 12.2 Å². The summed E-state index contributed by atoms with van der Waals surface area (Å²) < 4.78 is 0. The fraction of sp³-hybridized carbons (Fsp3) is 0.789. The van der Waals surface area contributed by atoms with Crippen molar-refractivity contribution in [3.8, 4) is 0 Å². The molecule has 1 aliphatic rings. The van der Waals surface area contributed by atoms with Crippen LogP contribution >= 0.6 is 0 Å². The summed E-state index contributed by atoms with van der Waals surface area (Å²) in [6, 6.07) is 0. The Morgan fingerprint density at radius 2 is 1.86 bits per heavy atom. The largest absolute Gasteiger partial charge is 0.311 e. The minimum absolute atomic E-state index is 0.190. The first kappa shape index (κ1) is 18.4. The second kappa shape index (κ2) is 8.14. The number of rotatable bonds is 8. The first-order chi connectivity index (χ1) is 9.80. The third-order valence-corrected chi connectivity index (χ3v) is 4.51. The van der Waals surface area contributed by atoms with Gasteiger partial charge in [-0.3, -0.25) is 4.90 Å². The summed E-state index contributed by atoms with van der Waals surface area (Å²) >= 11 is 0. The van der Waals surface area contributed by atoms with Gasteiger partial charge in [-0.2, -0.15) is 0 Å². The highest BCUT2D eigenvalue weighted by atomic mass is 15.1. The molecule has 0 aromatic rings. The fourth-order valence-electron chi connectivity index (χ4n) is 3.62. The van der Waals surface area contributed by atoms with Gasteiger partial charge in [0.2, 0.25) is 0 Å². The van der Waals surface area contributed by atoms with Crippen LogP contribution < -0.4 is 5.32 Å². The van der Waals surface area contributed by atoms with Crippen LogP contribution in [0.15, 0.2) is 25.3 Å². The van der Waals surface area contributed by atoms with Crippen LogP contribution in [-0.2, 0) is 0 Å². The first-order valence-electron chi connectivity index (χ1n) is 8.49. The summed E-state index contributed by atoms with van der Waals surface area (Å²) in [4.78, 5) is 2.49. The van der Waals surface area contributed by atoms with Crippen molar-refractivity contribution in [2.45, 2.75) is 58.9 Å². The van der Waals surface area contributed by atoms with Crippen molar-refractivity contribution in [2.75, 3.05) is 26.2 Å². The number of nitrogens with zero attached hydrogens (tertiary/aromatic N) is 1. The van der Waals surface area contributed by atoms with Crippen molar-refractivity contribution in [2.24, 2.45) is 11.3 Å². The molecule has 2 unspecified atom stereocenters. The lowest BCUT2D eigenvalue weighted by Gasteiger charge is -2.44. The molecule has 2 heteroatoms. The Balaban J connectivity index is 2.79. The van der Waals surface area contributed by atoms with E-state index in [1.54, 1.807) is 0 Å². The molecule has 0 saturated heterocycles. The summed E-state index contributed by atoms with van der Waals surface area (Å²) in [7, 11) is 0.